The molecule has 0 radical (unpaired) electrons. The van der Waals surface area contributed by atoms with E-state index in [1.165, 1.54) is 24.1 Å². The minimum atomic E-state index is 0.608. The summed E-state index contributed by atoms with van der Waals surface area (Å²) in [6.07, 6.45) is 4.39. The molecule has 1 saturated heterocycles. The minimum absolute atomic E-state index is 0.608. The Kier molecular flexibility index (Phi) is 2.68. The Morgan fingerprint density at radius 3 is 3.38 bits per heavy atom. The third-order valence-electron chi connectivity index (χ3n) is 2.30. The monoisotopic (exact) mass is 197 g/mol. The van der Waals surface area contributed by atoms with Crippen molar-refractivity contribution in [3.05, 3.63) is 17.5 Å². The lowest BCUT2D eigenvalue weighted by Crippen LogP contribution is -2.03. The van der Waals surface area contributed by atoms with E-state index in [4.69, 9.17) is 4.52 Å². The lowest BCUT2D eigenvalue weighted by atomic mass is 10.0. The first-order valence-electron chi connectivity index (χ1n) is 4.36. The van der Waals surface area contributed by atoms with Crippen molar-refractivity contribution in [2.75, 3.05) is 11.5 Å². The van der Waals surface area contributed by atoms with E-state index in [-0.39, 0.29) is 0 Å². The molecule has 1 aromatic rings. The number of thioether (sulfide) groups is 1. The van der Waals surface area contributed by atoms with E-state index in [9.17, 15) is 4.79 Å². The first-order chi connectivity index (χ1) is 6.40. The van der Waals surface area contributed by atoms with Crippen LogP contribution in [0.2, 0.25) is 0 Å². The zero-order valence-corrected chi connectivity index (χ0v) is 8.05. The molecule has 4 heteroatoms. The van der Waals surface area contributed by atoms with Crippen LogP contribution in [0, 0.1) is 5.92 Å². The standard InChI is InChI=1S/C9H11NO2S/c11-5-8-4-10-12-9(8)3-7-1-2-13-6-7/h4-5,7H,1-3,6H2. The highest BCUT2D eigenvalue weighted by molar-refractivity contribution is 7.99. The van der Waals surface area contributed by atoms with Crippen LogP contribution in [0.5, 0.6) is 0 Å². The van der Waals surface area contributed by atoms with Crippen LogP contribution < -0.4 is 0 Å². The largest absolute Gasteiger partial charge is 0.361 e. The molecule has 1 unspecified atom stereocenters. The Labute approximate surface area is 80.9 Å². The second-order valence-electron chi connectivity index (χ2n) is 3.26. The van der Waals surface area contributed by atoms with E-state index < -0.39 is 0 Å². The number of hydrogen-bond donors (Lipinski definition) is 0. The van der Waals surface area contributed by atoms with Crippen LogP contribution in [-0.2, 0) is 6.42 Å². The van der Waals surface area contributed by atoms with Crippen molar-refractivity contribution in [3.63, 3.8) is 0 Å². The van der Waals surface area contributed by atoms with Crippen molar-refractivity contribution < 1.29 is 9.32 Å². The van der Waals surface area contributed by atoms with Gasteiger partial charge >= 0.3 is 0 Å². The molecule has 0 bridgehead atoms. The zero-order valence-electron chi connectivity index (χ0n) is 7.23. The number of carbonyl (C=O) groups is 1. The second kappa shape index (κ2) is 3.96. The molecule has 0 spiro atoms. The first-order valence-corrected chi connectivity index (χ1v) is 5.52. The van der Waals surface area contributed by atoms with Crippen LogP contribution in [0.4, 0.5) is 0 Å². The van der Waals surface area contributed by atoms with Crippen LogP contribution in [-0.4, -0.2) is 22.9 Å². The molecule has 0 aliphatic carbocycles. The topological polar surface area (TPSA) is 43.1 Å². The van der Waals surface area contributed by atoms with Gasteiger partial charge in [-0.05, 0) is 23.8 Å². The quantitative estimate of drug-likeness (QED) is 0.693. The summed E-state index contributed by atoms with van der Waals surface area (Å²) < 4.78 is 5.03. The van der Waals surface area contributed by atoms with E-state index in [1.54, 1.807) is 0 Å². The third-order valence-corrected chi connectivity index (χ3v) is 3.53. The van der Waals surface area contributed by atoms with Crippen molar-refractivity contribution in [1.82, 2.24) is 5.16 Å². The highest BCUT2D eigenvalue weighted by Crippen LogP contribution is 2.27. The molecule has 0 aromatic carbocycles. The number of hydrogen-bond acceptors (Lipinski definition) is 4. The summed E-state index contributed by atoms with van der Waals surface area (Å²) >= 11 is 1.97. The van der Waals surface area contributed by atoms with Gasteiger partial charge < -0.3 is 4.52 Å². The van der Waals surface area contributed by atoms with E-state index in [1.807, 2.05) is 11.8 Å². The van der Waals surface area contributed by atoms with Gasteiger partial charge in [-0.15, -0.1) is 0 Å². The van der Waals surface area contributed by atoms with Crippen LogP contribution in [0.3, 0.4) is 0 Å². The van der Waals surface area contributed by atoms with Gasteiger partial charge in [0, 0.05) is 6.42 Å². The number of aromatic nitrogens is 1. The van der Waals surface area contributed by atoms with Crippen molar-refractivity contribution >= 4 is 18.0 Å². The molecule has 1 atom stereocenters. The Balaban J connectivity index is 2.03. The fourth-order valence-electron chi connectivity index (χ4n) is 1.53. The van der Waals surface area contributed by atoms with Crippen molar-refractivity contribution in [2.45, 2.75) is 12.8 Å². The summed E-state index contributed by atoms with van der Waals surface area (Å²) in [4.78, 5) is 10.6. The number of carbonyl (C=O) groups excluding carboxylic acids is 1. The highest BCUT2D eigenvalue weighted by atomic mass is 32.2. The molecule has 3 nitrogen and oxygen atoms in total. The molecule has 1 aliphatic heterocycles. The number of rotatable bonds is 3. The van der Waals surface area contributed by atoms with Gasteiger partial charge in [0.15, 0.2) is 6.29 Å². The van der Waals surface area contributed by atoms with Gasteiger partial charge in [0.05, 0.1) is 11.8 Å². The molecule has 70 valence electrons. The third kappa shape index (κ3) is 1.94. The Morgan fingerprint density at radius 2 is 2.69 bits per heavy atom. The molecule has 1 aromatic heterocycles. The van der Waals surface area contributed by atoms with Gasteiger partial charge in [-0.3, -0.25) is 4.79 Å². The molecular formula is C9H11NO2S. The molecule has 13 heavy (non-hydrogen) atoms. The number of nitrogens with zero attached hydrogens (tertiary/aromatic N) is 1. The van der Waals surface area contributed by atoms with Crippen LogP contribution in [0.1, 0.15) is 22.5 Å². The predicted octanol–water partition coefficient (Wildman–Crippen LogP) is 1.78. The molecule has 0 saturated carbocycles. The SMILES string of the molecule is O=Cc1cnoc1CC1CCSC1. The predicted molar refractivity (Wildman–Crippen MR) is 51.0 cm³/mol. The normalized spacial score (nSPS) is 22.0. The maximum Gasteiger partial charge on any atom is 0.155 e. The Hall–Kier alpha value is -0.770. The van der Waals surface area contributed by atoms with Gasteiger partial charge in [-0.25, -0.2) is 0 Å². The fraction of sp³-hybridized carbons (Fsp3) is 0.556. The highest BCUT2D eigenvalue weighted by Gasteiger charge is 2.19. The van der Waals surface area contributed by atoms with Gasteiger partial charge in [0.25, 0.3) is 0 Å². The smallest absolute Gasteiger partial charge is 0.155 e. The zero-order chi connectivity index (χ0) is 9.10. The van der Waals surface area contributed by atoms with E-state index in [0.717, 1.165) is 18.5 Å². The van der Waals surface area contributed by atoms with Crippen molar-refractivity contribution in [1.29, 1.82) is 0 Å². The van der Waals surface area contributed by atoms with E-state index in [0.29, 0.717) is 11.5 Å². The number of aldehydes is 1. The van der Waals surface area contributed by atoms with Gasteiger partial charge in [-0.2, -0.15) is 11.8 Å². The van der Waals surface area contributed by atoms with Gasteiger partial charge in [-0.1, -0.05) is 5.16 Å². The summed E-state index contributed by atoms with van der Waals surface area (Å²) in [7, 11) is 0. The van der Waals surface area contributed by atoms with Crippen LogP contribution >= 0.6 is 11.8 Å². The van der Waals surface area contributed by atoms with Gasteiger partial charge in [0.2, 0.25) is 0 Å². The molecule has 0 amide bonds. The molecule has 1 aliphatic rings. The summed E-state index contributed by atoms with van der Waals surface area (Å²) in [5.74, 6) is 3.83. The minimum Gasteiger partial charge on any atom is -0.361 e. The molecule has 0 N–H and O–H groups in total. The Morgan fingerprint density at radius 1 is 1.77 bits per heavy atom. The maximum absolute atomic E-state index is 10.6. The summed E-state index contributed by atoms with van der Waals surface area (Å²) in [6.45, 7) is 0. The van der Waals surface area contributed by atoms with E-state index in [2.05, 4.69) is 5.16 Å². The Bertz CT molecular complexity index is 292. The lowest BCUT2D eigenvalue weighted by molar-refractivity contribution is 0.112. The second-order valence-corrected chi connectivity index (χ2v) is 4.41. The van der Waals surface area contributed by atoms with Crippen molar-refractivity contribution in [3.8, 4) is 0 Å². The summed E-state index contributed by atoms with van der Waals surface area (Å²) in [6, 6.07) is 0. The maximum atomic E-state index is 10.6. The summed E-state index contributed by atoms with van der Waals surface area (Å²) in [5, 5.41) is 3.62. The van der Waals surface area contributed by atoms with Crippen LogP contribution in [0.25, 0.3) is 0 Å². The van der Waals surface area contributed by atoms with E-state index >= 15 is 0 Å². The molecule has 2 heterocycles. The fourth-order valence-corrected chi connectivity index (χ4v) is 2.81. The molecule has 1 fully saturated rings. The summed E-state index contributed by atoms with van der Waals surface area (Å²) in [5.41, 5.74) is 0.608. The van der Waals surface area contributed by atoms with Crippen LogP contribution in [0.15, 0.2) is 10.7 Å². The lowest BCUT2D eigenvalue weighted by Gasteiger charge is -2.03. The average molecular weight is 197 g/mol. The average Bonchev–Trinajstić information content (AvgIpc) is 2.76. The molecule has 2 rings (SSSR count). The molecular weight excluding hydrogens is 186 g/mol. The first kappa shape index (κ1) is 8.81. The van der Waals surface area contributed by atoms with Gasteiger partial charge in [0.1, 0.15) is 5.76 Å². The van der Waals surface area contributed by atoms with Crippen molar-refractivity contribution in [2.24, 2.45) is 5.92 Å².